The molecule has 0 atom stereocenters. The zero-order valence-electron chi connectivity index (χ0n) is 10.9. The standard InChI is InChI=1S/C16H16O2/c1-11-9-14(12(2)15(10-11)18-3)16(17)13-7-5-4-6-8-13/h4-10H,1-3H3. The molecular weight excluding hydrogens is 224 g/mol. The van der Waals surface area contributed by atoms with Crippen molar-refractivity contribution in [3.63, 3.8) is 0 Å². The molecule has 0 bridgehead atoms. The third-order valence-electron chi connectivity index (χ3n) is 3.00. The second-order valence-corrected chi connectivity index (χ2v) is 4.33. The van der Waals surface area contributed by atoms with E-state index >= 15 is 0 Å². The lowest BCUT2D eigenvalue weighted by Gasteiger charge is -2.11. The molecule has 2 heteroatoms. The molecule has 2 rings (SSSR count). The zero-order chi connectivity index (χ0) is 13.1. The van der Waals surface area contributed by atoms with Crippen LogP contribution in [0.15, 0.2) is 42.5 Å². The molecular formula is C16H16O2. The summed E-state index contributed by atoms with van der Waals surface area (Å²) in [7, 11) is 1.62. The summed E-state index contributed by atoms with van der Waals surface area (Å²) in [4.78, 5) is 12.4. The fraction of sp³-hybridized carbons (Fsp3) is 0.188. The van der Waals surface area contributed by atoms with Crippen LogP contribution in [-0.2, 0) is 0 Å². The predicted octanol–water partition coefficient (Wildman–Crippen LogP) is 3.54. The molecule has 0 aliphatic heterocycles. The molecule has 2 aromatic rings. The van der Waals surface area contributed by atoms with Crippen LogP contribution in [0, 0.1) is 13.8 Å². The molecule has 0 heterocycles. The van der Waals surface area contributed by atoms with Gasteiger partial charge in [-0.05, 0) is 31.5 Å². The molecule has 18 heavy (non-hydrogen) atoms. The van der Waals surface area contributed by atoms with Gasteiger partial charge in [0.15, 0.2) is 5.78 Å². The van der Waals surface area contributed by atoms with Crippen molar-refractivity contribution in [2.45, 2.75) is 13.8 Å². The lowest BCUT2D eigenvalue weighted by Crippen LogP contribution is -2.05. The first-order valence-electron chi connectivity index (χ1n) is 5.88. The van der Waals surface area contributed by atoms with Crippen molar-refractivity contribution in [2.24, 2.45) is 0 Å². The van der Waals surface area contributed by atoms with Gasteiger partial charge in [0, 0.05) is 16.7 Å². The van der Waals surface area contributed by atoms with Gasteiger partial charge >= 0.3 is 0 Å². The Morgan fingerprint density at radius 3 is 2.33 bits per heavy atom. The number of ether oxygens (including phenoxy) is 1. The van der Waals surface area contributed by atoms with E-state index in [0.29, 0.717) is 11.1 Å². The van der Waals surface area contributed by atoms with Crippen LogP contribution in [0.4, 0.5) is 0 Å². The Morgan fingerprint density at radius 2 is 1.72 bits per heavy atom. The molecule has 2 nitrogen and oxygen atoms in total. The van der Waals surface area contributed by atoms with E-state index in [9.17, 15) is 4.79 Å². The van der Waals surface area contributed by atoms with Gasteiger partial charge in [-0.25, -0.2) is 0 Å². The lowest BCUT2D eigenvalue weighted by atomic mass is 9.96. The molecule has 0 aliphatic carbocycles. The highest BCUT2D eigenvalue weighted by molar-refractivity contribution is 6.10. The van der Waals surface area contributed by atoms with E-state index in [-0.39, 0.29) is 5.78 Å². The number of rotatable bonds is 3. The molecule has 0 fully saturated rings. The van der Waals surface area contributed by atoms with Gasteiger partial charge in [-0.15, -0.1) is 0 Å². The van der Waals surface area contributed by atoms with Gasteiger partial charge in [-0.2, -0.15) is 0 Å². The minimum Gasteiger partial charge on any atom is -0.496 e. The van der Waals surface area contributed by atoms with Crippen molar-refractivity contribution in [3.8, 4) is 5.75 Å². The molecule has 0 aliphatic rings. The third kappa shape index (κ3) is 2.28. The molecule has 0 unspecified atom stereocenters. The summed E-state index contributed by atoms with van der Waals surface area (Å²) < 4.78 is 5.30. The van der Waals surface area contributed by atoms with Crippen molar-refractivity contribution < 1.29 is 9.53 Å². The zero-order valence-corrected chi connectivity index (χ0v) is 10.9. The molecule has 0 amide bonds. The quantitative estimate of drug-likeness (QED) is 0.767. The molecule has 2 aromatic carbocycles. The monoisotopic (exact) mass is 240 g/mol. The maximum absolute atomic E-state index is 12.4. The molecule has 92 valence electrons. The Bertz CT molecular complexity index is 571. The molecule has 0 radical (unpaired) electrons. The Kier molecular flexibility index (Phi) is 3.47. The Balaban J connectivity index is 2.52. The molecule has 0 spiro atoms. The molecule has 0 aromatic heterocycles. The van der Waals surface area contributed by atoms with Crippen LogP contribution in [-0.4, -0.2) is 12.9 Å². The molecule has 0 N–H and O–H groups in total. The van der Waals surface area contributed by atoms with Gasteiger partial charge in [-0.1, -0.05) is 30.3 Å². The number of methoxy groups -OCH3 is 1. The second kappa shape index (κ2) is 5.05. The van der Waals surface area contributed by atoms with Crippen molar-refractivity contribution in [3.05, 3.63) is 64.7 Å². The van der Waals surface area contributed by atoms with E-state index in [4.69, 9.17) is 4.74 Å². The average molecular weight is 240 g/mol. The minimum absolute atomic E-state index is 0.0371. The summed E-state index contributed by atoms with van der Waals surface area (Å²) in [5.41, 5.74) is 3.32. The highest BCUT2D eigenvalue weighted by Crippen LogP contribution is 2.25. The maximum Gasteiger partial charge on any atom is 0.193 e. The highest BCUT2D eigenvalue weighted by atomic mass is 16.5. The van der Waals surface area contributed by atoms with E-state index in [2.05, 4.69) is 0 Å². The first-order chi connectivity index (χ1) is 8.63. The van der Waals surface area contributed by atoms with Crippen molar-refractivity contribution in [1.29, 1.82) is 0 Å². The van der Waals surface area contributed by atoms with Gasteiger partial charge in [0.25, 0.3) is 0 Å². The van der Waals surface area contributed by atoms with Crippen molar-refractivity contribution in [1.82, 2.24) is 0 Å². The van der Waals surface area contributed by atoms with Crippen LogP contribution in [0.3, 0.4) is 0 Å². The van der Waals surface area contributed by atoms with E-state index in [1.54, 1.807) is 7.11 Å². The van der Waals surface area contributed by atoms with E-state index < -0.39 is 0 Å². The summed E-state index contributed by atoms with van der Waals surface area (Å²) in [5.74, 6) is 0.796. The number of hydrogen-bond acceptors (Lipinski definition) is 2. The van der Waals surface area contributed by atoms with Crippen LogP contribution >= 0.6 is 0 Å². The van der Waals surface area contributed by atoms with Crippen molar-refractivity contribution in [2.75, 3.05) is 7.11 Å². The Hall–Kier alpha value is -2.09. The van der Waals surface area contributed by atoms with Crippen LogP contribution in [0.1, 0.15) is 27.0 Å². The average Bonchev–Trinajstić information content (AvgIpc) is 2.41. The molecule has 0 saturated heterocycles. The van der Waals surface area contributed by atoms with Crippen LogP contribution in [0.5, 0.6) is 5.75 Å². The van der Waals surface area contributed by atoms with Gasteiger partial charge in [0.2, 0.25) is 0 Å². The van der Waals surface area contributed by atoms with Gasteiger partial charge in [0.1, 0.15) is 5.75 Å². The normalized spacial score (nSPS) is 10.2. The van der Waals surface area contributed by atoms with E-state index in [0.717, 1.165) is 16.9 Å². The number of aryl methyl sites for hydroxylation is 1. The number of ketones is 1. The largest absolute Gasteiger partial charge is 0.496 e. The fourth-order valence-corrected chi connectivity index (χ4v) is 2.02. The van der Waals surface area contributed by atoms with Gasteiger partial charge in [-0.3, -0.25) is 4.79 Å². The summed E-state index contributed by atoms with van der Waals surface area (Å²) in [6.07, 6.45) is 0. The first kappa shape index (κ1) is 12.4. The summed E-state index contributed by atoms with van der Waals surface area (Å²) >= 11 is 0. The smallest absolute Gasteiger partial charge is 0.193 e. The second-order valence-electron chi connectivity index (χ2n) is 4.33. The third-order valence-corrected chi connectivity index (χ3v) is 3.00. The SMILES string of the molecule is COc1cc(C)cc(C(=O)c2ccccc2)c1C. The predicted molar refractivity (Wildman–Crippen MR) is 72.3 cm³/mol. The summed E-state index contributed by atoms with van der Waals surface area (Å²) in [6, 6.07) is 13.2. The van der Waals surface area contributed by atoms with Gasteiger partial charge < -0.3 is 4.74 Å². The van der Waals surface area contributed by atoms with E-state index in [1.165, 1.54) is 0 Å². The number of carbonyl (C=O) groups is 1. The van der Waals surface area contributed by atoms with Crippen LogP contribution in [0.25, 0.3) is 0 Å². The topological polar surface area (TPSA) is 26.3 Å². The van der Waals surface area contributed by atoms with Crippen LogP contribution < -0.4 is 4.74 Å². The minimum atomic E-state index is 0.0371. The summed E-state index contributed by atoms with van der Waals surface area (Å²) in [6.45, 7) is 3.87. The number of carbonyl (C=O) groups excluding carboxylic acids is 1. The first-order valence-corrected chi connectivity index (χ1v) is 5.88. The number of hydrogen-bond donors (Lipinski definition) is 0. The Labute approximate surface area is 107 Å². The molecule has 0 saturated carbocycles. The highest BCUT2D eigenvalue weighted by Gasteiger charge is 2.14. The number of benzene rings is 2. The lowest BCUT2D eigenvalue weighted by molar-refractivity contribution is 0.103. The maximum atomic E-state index is 12.4. The fourth-order valence-electron chi connectivity index (χ4n) is 2.02. The Morgan fingerprint density at radius 1 is 1.06 bits per heavy atom. The van der Waals surface area contributed by atoms with E-state index in [1.807, 2.05) is 56.3 Å². The van der Waals surface area contributed by atoms with Gasteiger partial charge in [0.05, 0.1) is 7.11 Å². The summed E-state index contributed by atoms with van der Waals surface area (Å²) in [5, 5.41) is 0. The van der Waals surface area contributed by atoms with Crippen LogP contribution in [0.2, 0.25) is 0 Å². The van der Waals surface area contributed by atoms with Crippen molar-refractivity contribution >= 4 is 5.78 Å².